The molecule has 1 aromatic heterocycles. The quantitative estimate of drug-likeness (QED) is 0.351. The summed E-state index contributed by atoms with van der Waals surface area (Å²) in [5, 5.41) is 2.58. The SMILES string of the molecule is Cc1c(Cl)cccc1CC(=O)Oc1ccc2oc3ccccc3c2c1. The van der Waals surface area contributed by atoms with Gasteiger partial charge in [0.1, 0.15) is 16.9 Å². The lowest BCUT2D eigenvalue weighted by Crippen LogP contribution is -2.12. The second-order valence-corrected chi connectivity index (χ2v) is 6.34. The standard InChI is InChI=1S/C21H15ClO3/c1-13-14(5-4-7-18(13)22)11-21(23)24-15-9-10-20-17(12-15)16-6-2-3-8-19(16)25-20/h2-10,12H,11H2,1H3. The largest absolute Gasteiger partial charge is 0.456 e. The van der Waals surface area contributed by atoms with Gasteiger partial charge in [0.25, 0.3) is 0 Å². The van der Waals surface area contributed by atoms with Gasteiger partial charge in [0.2, 0.25) is 0 Å². The van der Waals surface area contributed by atoms with Crippen molar-refractivity contribution >= 4 is 39.5 Å². The highest BCUT2D eigenvalue weighted by molar-refractivity contribution is 6.31. The fraction of sp³-hybridized carbons (Fsp3) is 0.0952. The molecule has 0 aliphatic carbocycles. The second-order valence-electron chi connectivity index (χ2n) is 5.93. The number of carbonyl (C=O) groups is 1. The highest BCUT2D eigenvalue weighted by atomic mass is 35.5. The molecule has 0 fully saturated rings. The maximum Gasteiger partial charge on any atom is 0.315 e. The van der Waals surface area contributed by atoms with Crippen molar-refractivity contribution in [2.24, 2.45) is 0 Å². The Morgan fingerprint density at radius 2 is 1.80 bits per heavy atom. The van der Waals surface area contributed by atoms with E-state index < -0.39 is 0 Å². The molecule has 0 bridgehead atoms. The third-order valence-electron chi connectivity index (χ3n) is 4.29. The van der Waals surface area contributed by atoms with Gasteiger partial charge in [-0.25, -0.2) is 0 Å². The molecule has 3 aromatic carbocycles. The van der Waals surface area contributed by atoms with Crippen LogP contribution in [0.25, 0.3) is 21.9 Å². The number of hydrogen-bond acceptors (Lipinski definition) is 3. The van der Waals surface area contributed by atoms with Crippen LogP contribution in [0.3, 0.4) is 0 Å². The molecule has 124 valence electrons. The lowest BCUT2D eigenvalue weighted by Gasteiger charge is -2.08. The molecular weight excluding hydrogens is 336 g/mol. The Bertz CT molecular complexity index is 1090. The van der Waals surface area contributed by atoms with E-state index in [0.29, 0.717) is 10.8 Å². The first-order valence-corrected chi connectivity index (χ1v) is 8.35. The summed E-state index contributed by atoms with van der Waals surface area (Å²) in [6.45, 7) is 1.90. The Labute approximate surface area is 149 Å². The molecule has 4 rings (SSSR count). The molecule has 1 heterocycles. The summed E-state index contributed by atoms with van der Waals surface area (Å²) in [5.74, 6) is 0.182. The lowest BCUT2D eigenvalue weighted by molar-refractivity contribution is -0.133. The monoisotopic (exact) mass is 350 g/mol. The van der Waals surface area contributed by atoms with Crippen molar-refractivity contribution in [1.29, 1.82) is 0 Å². The summed E-state index contributed by atoms with van der Waals surface area (Å²) in [6, 6.07) is 18.7. The summed E-state index contributed by atoms with van der Waals surface area (Å²) in [6.07, 6.45) is 0.177. The smallest absolute Gasteiger partial charge is 0.315 e. The third kappa shape index (κ3) is 2.99. The van der Waals surface area contributed by atoms with E-state index in [4.69, 9.17) is 20.8 Å². The number of hydrogen-bond donors (Lipinski definition) is 0. The van der Waals surface area contributed by atoms with Gasteiger partial charge in [-0.3, -0.25) is 4.79 Å². The van der Waals surface area contributed by atoms with Gasteiger partial charge in [0.15, 0.2) is 0 Å². The van der Waals surface area contributed by atoms with Gasteiger partial charge in [0, 0.05) is 15.8 Å². The zero-order valence-corrected chi connectivity index (χ0v) is 14.3. The molecule has 25 heavy (non-hydrogen) atoms. The van der Waals surface area contributed by atoms with Crippen LogP contribution in [0.4, 0.5) is 0 Å². The van der Waals surface area contributed by atoms with Crippen molar-refractivity contribution < 1.29 is 13.9 Å². The molecule has 0 amide bonds. The number of ether oxygens (including phenoxy) is 1. The number of esters is 1. The summed E-state index contributed by atoms with van der Waals surface area (Å²) >= 11 is 6.10. The summed E-state index contributed by atoms with van der Waals surface area (Å²) in [7, 11) is 0. The van der Waals surface area contributed by atoms with Crippen LogP contribution in [-0.4, -0.2) is 5.97 Å². The van der Waals surface area contributed by atoms with Gasteiger partial charge in [-0.1, -0.05) is 41.9 Å². The molecular formula is C21H15ClO3. The average Bonchev–Trinajstić information content (AvgIpc) is 2.97. The number of furan rings is 1. The zero-order valence-electron chi connectivity index (χ0n) is 13.6. The molecule has 0 N–H and O–H groups in total. The number of rotatable bonds is 3. The van der Waals surface area contributed by atoms with Crippen molar-refractivity contribution in [2.45, 2.75) is 13.3 Å². The van der Waals surface area contributed by atoms with Gasteiger partial charge in [-0.15, -0.1) is 0 Å². The van der Waals surface area contributed by atoms with E-state index >= 15 is 0 Å². The van der Waals surface area contributed by atoms with E-state index in [0.717, 1.165) is 33.1 Å². The van der Waals surface area contributed by atoms with E-state index in [-0.39, 0.29) is 12.4 Å². The van der Waals surface area contributed by atoms with Crippen LogP contribution < -0.4 is 4.74 Å². The predicted molar refractivity (Wildman–Crippen MR) is 99.2 cm³/mol. The molecule has 0 saturated carbocycles. The molecule has 0 spiro atoms. The number of benzene rings is 3. The molecule has 4 heteroatoms. The first-order valence-electron chi connectivity index (χ1n) is 7.98. The molecule has 3 nitrogen and oxygen atoms in total. The summed E-state index contributed by atoms with van der Waals surface area (Å²) in [5.41, 5.74) is 3.35. The highest BCUT2D eigenvalue weighted by Crippen LogP contribution is 2.31. The minimum atomic E-state index is -0.322. The maximum atomic E-state index is 12.3. The minimum absolute atomic E-state index is 0.177. The Kier molecular flexibility index (Phi) is 3.94. The molecule has 0 aliphatic rings. The normalized spacial score (nSPS) is 11.1. The number of fused-ring (bicyclic) bond motifs is 3. The van der Waals surface area contributed by atoms with Crippen LogP contribution in [0.5, 0.6) is 5.75 Å². The summed E-state index contributed by atoms with van der Waals surface area (Å²) in [4.78, 5) is 12.3. The first kappa shape index (κ1) is 15.7. The van der Waals surface area contributed by atoms with Crippen molar-refractivity contribution in [3.8, 4) is 5.75 Å². The topological polar surface area (TPSA) is 39.4 Å². The predicted octanol–water partition coefficient (Wildman–Crippen LogP) is 5.70. The second kappa shape index (κ2) is 6.26. The highest BCUT2D eigenvalue weighted by Gasteiger charge is 2.12. The summed E-state index contributed by atoms with van der Waals surface area (Å²) < 4.78 is 11.3. The van der Waals surface area contributed by atoms with E-state index in [2.05, 4.69) is 0 Å². The van der Waals surface area contributed by atoms with Crippen LogP contribution >= 0.6 is 11.6 Å². The molecule has 0 aliphatic heterocycles. The van der Waals surface area contributed by atoms with Gasteiger partial charge < -0.3 is 9.15 Å². The van der Waals surface area contributed by atoms with Crippen LogP contribution in [0.15, 0.2) is 65.1 Å². The van der Waals surface area contributed by atoms with Crippen LogP contribution in [0, 0.1) is 6.92 Å². The Morgan fingerprint density at radius 1 is 1.00 bits per heavy atom. The number of halogens is 1. The molecule has 0 saturated heterocycles. The van der Waals surface area contributed by atoms with Crippen molar-refractivity contribution in [1.82, 2.24) is 0 Å². The Morgan fingerprint density at radius 3 is 2.68 bits per heavy atom. The molecule has 0 atom stereocenters. The van der Waals surface area contributed by atoms with Crippen LogP contribution in [-0.2, 0) is 11.2 Å². The van der Waals surface area contributed by atoms with Gasteiger partial charge >= 0.3 is 5.97 Å². The van der Waals surface area contributed by atoms with Crippen molar-refractivity contribution in [3.63, 3.8) is 0 Å². The fourth-order valence-electron chi connectivity index (χ4n) is 2.94. The molecule has 0 unspecified atom stereocenters. The fourth-order valence-corrected chi connectivity index (χ4v) is 3.13. The van der Waals surface area contributed by atoms with Crippen LogP contribution in [0.2, 0.25) is 5.02 Å². The minimum Gasteiger partial charge on any atom is -0.456 e. The Hall–Kier alpha value is -2.78. The third-order valence-corrected chi connectivity index (χ3v) is 4.70. The number of carbonyl (C=O) groups excluding carboxylic acids is 1. The van der Waals surface area contributed by atoms with Crippen LogP contribution in [0.1, 0.15) is 11.1 Å². The van der Waals surface area contributed by atoms with Crippen molar-refractivity contribution in [2.75, 3.05) is 0 Å². The van der Waals surface area contributed by atoms with E-state index in [1.165, 1.54) is 0 Å². The Balaban J connectivity index is 1.60. The van der Waals surface area contributed by atoms with Crippen molar-refractivity contribution in [3.05, 3.63) is 76.8 Å². The van der Waals surface area contributed by atoms with Gasteiger partial charge in [-0.2, -0.15) is 0 Å². The zero-order chi connectivity index (χ0) is 17.4. The molecule has 4 aromatic rings. The van der Waals surface area contributed by atoms with E-state index in [9.17, 15) is 4.79 Å². The van der Waals surface area contributed by atoms with E-state index in [1.807, 2.05) is 61.5 Å². The average molecular weight is 351 g/mol. The lowest BCUT2D eigenvalue weighted by atomic mass is 10.1. The number of para-hydroxylation sites is 1. The molecule has 0 radical (unpaired) electrons. The van der Waals surface area contributed by atoms with E-state index in [1.54, 1.807) is 6.07 Å². The van der Waals surface area contributed by atoms with Gasteiger partial charge in [-0.05, 0) is 48.4 Å². The van der Waals surface area contributed by atoms with Gasteiger partial charge in [0.05, 0.1) is 6.42 Å². The first-order chi connectivity index (χ1) is 12.1. The maximum absolute atomic E-state index is 12.3.